The highest BCUT2D eigenvalue weighted by Crippen LogP contribution is 2.27. The predicted molar refractivity (Wildman–Crippen MR) is 54.3 cm³/mol. The topological polar surface area (TPSA) is 51.1 Å². The molecule has 5 heteroatoms. The molecule has 1 N–H and O–H groups in total. The number of amides is 1. The number of rotatable bonds is 4. The number of carbonyl (C=O) groups is 1. The molecule has 0 radical (unpaired) electrons. The highest BCUT2D eigenvalue weighted by atomic mass is 32.1. The lowest BCUT2D eigenvalue weighted by molar-refractivity contribution is -0.121. The zero-order valence-electron chi connectivity index (χ0n) is 7.73. The smallest absolute Gasteiger partial charge is 0.307 e. The van der Waals surface area contributed by atoms with Crippen molar-refractivity contribution >= 4 is 17.2 Å². The summed E-state index contributed by atoms with van der Waals surface area (Å²) in [5, 5.41) is 4.51. The summed E-state index contributed by atoms with van der Waals surface area (Å²) in [6, 6.07) is 0. The Morgan fingerprint density at radius 1 is 1.64 bits per heavy atom. The second-order valence-corrected chi connectivity index (χ2v) is 4.40. The van der Waals surface area contributed by atoms with Crippen molar-refractivity contribution in [1.82, 2.24) is 9.88 Å². The van der Waals surface area contributed by atoms with Crippen LogP contribution in [0.5, 0.6) is 0 Å². The van der Waals surface area contributed by atoms with Crippen molar-refractivity contribution in [3.8, 4) is 0 Å². The minimum atomic E-state index is -0.0772. The van der Waals surface area contributed by atoms with Crippen LogP contribution >= 0.6 is 11.3 Å². The van der Waals surface area contributed by atoms with Crippen LogP contribution in [0.15, 0.2) is 16.4 Å². The summed E-state index contributed by atoms with van der Waals surface area (Å²) in [6.45, 7) is 0.909. The van der Waals surface area contributed by atoms with Crippen molar-refractivity contribution in [2.24, 2.45) is 5.92 Å². The van der Waals surface area contributed by atoms with Crippen molar-refractivity contribution in [2.75, 3.05) is 6.54 Å². The summed E-state index contributed by atoms with van der Waals surface area (Å²) < 4.78 is 1.42. The zero-order valence-corrected chi connectivity index (χ0v) is 8.55. The standard InChI is InChI=1S/C9H12N2O2S/c12-8(10-5-7-1-2-7)6-11-3-4-14-9(11)13/h3-4,7H,1-2,5-6H2,(H,10,12). The molecule has 1 aliphatic rings. The molecule has 4 nitrogen and oxygen atoms in total. The van der Waals surface area contributed by atoms with Gasteiger partial charge in [-0.3, -0.25) is 14.2 Å². The van der Waals surface area contributed by atoms with E-state index in [2.05, 4.69) is 5.32 Å². The molecule has 2 rings (SSSR count). The molecule has 1 saturated carbocycles. The Labute approximate surface area is 85.6 Å². The van der Waals surface area contributed by atoms with E-state index in [1.165, 1.54) is 17.4 Å². The molecule has 0 bridgehead atoms. The molecule has 1 amide bonds. The van der Waals surface area contributed by atoms with Gasteiger partial charge in [0.15, 0.2) is 0 Å². The molecule has 0 aromatic carbocycles. The van der Waals surface area contributed by atoms with Gasteiger partial charge in [0.2, 0.25) is 5.91 Å². The van der Waals surface area contributed by atoms with Gasteiger partial charge in [-0.05, 0) is 18.8 Å². The lowest BCUT2D eigenvalue weighted by Gasteiger charge is -2.03. The largest absolute Gasteiger partial charge is 0.354 e. The minimum Gasteiger partial charge on any atom is -0.354 e. The van der Waals surface area contributed by atoms with Gasteiger partial charge in [-0.25, -0.2) is 0 Å². The first-order chi connectivity index (χ1) is 6.75. The second kappa shape index (κ2) is 3.96. The van der Waals surface area contributed by atoms with Gasteiger partial charge in [0.25, 0.3) is 0 Å². The van der Waals surface area contributed by atoms with Gasteiger partial charge in [-0.1, -0.05) is 11.3 Å². The first-order valence-corrected chi connectivity index (χ1v) is 5.54. The van der Waals surface area contributed by atoms with Gasteiger partial charge in [0.1, 0.15) is 6.54 Å². The van der Waals surface area contributed by atoms with Gasteiger partial charge < -0.3 is 5.32 Å². The highest BCUT2D eigenvalue weighted by Gasteiger charge is 2.21. The third kappa shape index (κ3) is 2.45. The molecule has 0 unspecified atom stereocenters. The summed E-state index contributed by atoms with van der Waals surface area (Å²) in [5.74, 6) is 0.607. The van der Waals surface area contributed by atoms with Crippen molar-refractivity contribution in [1.29, 1.82) is 0 Å². The van der Waals surface area contributed by atoms with E-state index in [1.807, 2.05) is 0 Å². The van der Waals surface area contributed by atoms with Gasteiger partial charge in [-0.15, -0.1) is 0 Å². The average Bonchev–Trinajstić information content (AvgIpc) is 2.90. The Balaban J connectivity index is 1.81. The molecule has 0 aliphatic heterocycles. The lowest BCUT2D eigenvalue weighted by Crippen LogP contribution is -2.31. The molecular formula is C9H12N2O2S. The molecule has 1 heterocycles. The van der Waals surface area contributed by atoms with Gasteiger partial charge in [-0.2, -0.15) is 0 Å². The fourth-order valence-electron chi connectivity index (χ4n) is 1.20. The maximum Gasteiger partial charge on any atom is 0.307 e. The normalized spacial score (nSPS) is 15.4. The molecular weight excluding hydrogens is 200 g/mol. The molecule has 1 aromatic rings. The molecule has 14 heavy (non-hydrogen) atoms. The Hall–Kier alpha value is -1.10. The number of nitrogens with one attached hydrogen (secondary N) is 1. The summed E-state index contributed by atoms with van der Waals surface area (Å²) in [5.41, 5.74) is 0. The summed E-state index contributed by atoms with van der Waals surface area (Å²) >= 11 is 1.11. The van der Waals surface area contributed by atoms with E-state index >= 15 is 0 Å². The molecule has 0 spiro atoms. The first kappa shape index (κ1) is 9.45. The Morgan fingerprint density at radius 2 is 2.43 bits per heavy atom. The number of hydrogen-bond donors (Lipinski definition) is 1. The van der Waals surface area contributed by atoms with Crippen LogP contribution in [0.1, 0.15) is 12.8 Å². The number of nitrogens with zero attached hydrogens (tertiary/aromatic N) is 1. The van der Waals surface area contributed by atoms with Gasteiger partial charge in [0.05, 0.1) is 0 Å². The Morgan fingerprint density at radius 3 is 3.00 bits per heavy atom. The van der Waals surface area contributed by atoms with E-state index in [4.69, 9.17) is 0 Å². The average molecular weight is 212 g/mol. The van der Waals surface area contributed by atoms with Crippen LogP contribution in [0.3, 0.4) is 0 Å². The molecule has 1 aliphatic carbocycles. The zero-order chi connectivity index (χ0) is 9.97. The van der Waals surface area contributed by atoms with Crippen molar-refractivity contribution in [3.63, 3.8) is 0 Å². The van der Waals surface area contributed by atoms with E-state index in [0.29, 0.717) is 5.92 Å². The summed E-state index contributed by atoms with van der Waals surface area (Å²) in [7, 11) is 0. The van der Waals surface area contributed by atoms with Crippen LogP contribution in [0.25, 0.3) is 0 Å². The predicted octanol–water partition coefficient (Wildman–Crippen LogP) is 0.436. The van der Waals surface area contributed by atoms with Crippen LogP contribution in [0.4, 0.5) is 0 Å². The van der Waals surface area contributed by atoms with E-state index in [9.17, 15) is 9.59 Å². The van der Waals surface area contributed by atoms with Gasteiger partial charge >= 0.3 is 4.87 Å². The van der Waals surface area contributed by atoms with Crippen molar-refractivity contribution < 1.29 is 4.79 Å². The summed E-state index contributed by atoms with van der Waals surface area (Å²) in [4.78, 5) is 22.4. The van der Waals surface area contributed by atoms with Crippen molar-refractivity contribution in [3.05, 3.63) is 21.2 Å². The van der Waals surface area contributed by atoms with Crippen LogP contribution in [0.2, 0.25) is 0 Å². The van der Waals surface area contributed by atoms with Crippen molar-refractivity contribution in [2.45, 2.75) is 19.4 Å². The molecule has 0 saturated heterocycles. The quantitative estimate of drug-likeness (QED) is 0.787. The lowest BCUT2D eigenvalue weighted by atomic mass is 10.4. The first-order valence-electron chi connectivity index (χ1n) is 4.66. The summed E-state index contributed by atoms with van der Waals surface area (Å²) in [6.07, 6.45) is 4.08. The molecule has 76 valence electrons. The molecule has 1 aromatic heterocycles. The van der Waals surface area contributed by atoms with E-state index < -0.39 is 0 Å². The van der Waals surface area contributed by atoms with E-state index in [0.717, 1.165) is 17.9 Å². The molecule has 0 atom stereocenters. The van der Waals surface area contributed by atoms with Crippen LogP contribution in [0, 0.1) is 5.92 Å². The highest BCUT2D eigenvalue weighted by molar-refractivity contribution is 7.07. The third-order valence-corrected chi connectivity index (χ3v) is 2.94. The maximum atomic E-state index is 11.3. The van der Waals surface area contributed by atoms with E-state index in [-0.39, 0.29) is 17.3 Å². The minimum absolute atomic E-state index is 0.0719. The third-order valence-electron chi connectivity index (χ3n) is 2.24. The monoisotopic (exact) mass is 212 g/mol. The Kier molecular flexibility index (Phi) is 2.67. The van der Waals surface area contributed by atoms with E-state index in [1.54, 1.807) is 11.6 Å². The number of thiazole rings is 1. The maximum absolute atomic E-state index is 11.3. The number of carbonyl (C=O) groups excluding carboxylic acids is 1. The Bertz CT molecular complexity index is 378. The number of hydrogen-bond acceptors (Lipinski definition) is 3. The fourth-order valence-corrected chi connectivity index (χ4v) is 1.78. The fraction of sp³-hybridized carbons (Fsp3) is 0.556. The molecule has 1 fully saturated rings. The number of aromatic nitrogens is 1. The van der Waals surface area contributed by atoms with Crippen LogP contribution in [-0.4, -0.2) is 17.0 Å². The van der Waals surface area contributed by atoms with Gasteiger partial charge in [0, 0.05) is 18.1 Å². The van der Waals surface area contributed by atoms with Crippen LogP contribution < -0.4 is 10.2 Å². The second-order valence-electron chi connectivity index (χ2n) is 3.54. The SMILES string of the molecule is O=C(Cn1ccsc1=O)NCC1CC1. The van der Waals surface area contributed by atoms with Crippen LogP contribution in [-0.2, 0) is 11.3 Å².